The van der Waals surface area contributed by atoms with E-state index >= 15 is 0 Å². The van der Waals surface area contributed by atoms with E-state index in [1.807, 2.05) is 26.0 Å². The largest absolute Gasteiger partial charge is 0.385 e. The summed E-state index contributed by atoms with van der Waals surface area (Å²) in [5, 5.41) is 3.32. The molecule has 1 nitrogen and oxygen atoms in total. The van der Waals surface area contributed by atoms with Crippen molar-refractivity contribution in [1.29, 1.82) is 0 Å². The lowest BCUT2D eigenvalue weighted by Gasteiger charge is -2.33. The first-order chi connectivity index (χ1) is 6.61. The second-order valence-corrected chi connectivity index (χ2v) is 3.80. The van der Waals surface area contributed by atoms with Gasteiger partial charge in [0.1, 0.15) is 0 Å². The van der Waals surface area contributed by atoms with Crippen LogP contribution in [0.5, 0.6) is 0 Å². The summed E-state index contributed by atoms with van der Waals surface area (Å²) in [5.41, 5.74) is 2.67. The van der Waals surface area contributed by atoms with Crippen LogP contribution in [0.2, 0.25) is 0 Å². The molecule has 0 saturated heterocycles. The molecule has 0 bridgehead atoms. The molecular formula is C13H23N. The monoisotopic (exact) mass is 193 g/mol. The van der Waals surface area contributed by atoms with Crippen molar-refractivity contribution in [2.75, 3.05) is 6.54 Å². The summed E-state index contributed by atoms with van der Waals surface area (Å²) in [6.45, 7) is 17.1. The van der Waals surface area contributed by atoms with E-state index in [2.05, 4.69) is 32.3 Å². The number of allylic oxidation sites excluding steroid dienone is 3. The standard InChI is InChI=1S/C11H17N.C2H6/c1-5-9-10(6-2)12-8-7-11(9,3)4;1-2/h5-6,12H,1-2,7-8H2,3-4H3;1-2H3. The van der Waals surface area contributed by atoms with Crippen molar-refractivity contribution in [3.8, 4) is 0 Å². The average Bonchev–Trinajstić information content (AvgIpc) is 2.19. The van der Waals surface area contributed by atoms with Crippen molar-refractivity contribution in [2.24, 2.45) is 5.41 Å². The summed E-state index contributed by atoms with van der Waals surface area (Å²) < 4.78 is 0. The van der Waals surface area contributed by atoms with Gasteiger partial charge in [-0.25, -0.2) is 0 Å². The van der Waals surface area contributed by atoms with Crippen LogP contribution in [0.25, 0.3) is 0 Å². The molecule has 14 heavy (non-hydrogen) atoms. The zero-order valence-electron chi connectivity index (χ0n) is 9.98. The Bertz CT molecular complexity index is 234. The molecule has 0 aromatic carbocycles. The maximum Gasteiger partial charge on any atom is 0.0372 e. The van der Waals surface area contributed by atoms with Crippen LogP contribution in [0, 0.1) is 5.41 Å². The predicted molar refractivity (Wildman–Crippen MR) is 65.2 cm³/mol. The fourth-order valence-electron chi connectivity index (χ4n) is 1.67. The SMILES string of the molecule is C=CC1=C(C=C)C(C)(C)CCN1.CC. The van der Waals surface area contributed by atoms with Gasteiger partial charge in [-0.1, -0.05) is 46.9 Å². The number of rotatable bonds is 2. The summed E-state index contributed by atoms with van der Waals surface area (Å²) in [7, 11) is 0. The molecule has 0 radical (unpaired) electrons. The predicted octanol–water partition coefficient (Wildman–Crippen LogP) is 3.66. The number of hydrogen-bond donors (Lipinski definition) is 1. The Morgan fingerprint density at radius 1 is 1.21 bits per heavy atom. The molecule has 0 fully saturated rings. The van der Waals surface area contributed by atoms with Crippen molar-refractivity contribution in [1.82, 2.24) is 5.32 Å². The minimum absolute atomic E-state index is 0.247. The maximum absolute atomic E-state index is 3.83. The van der Waals surface area contributed by atoms with Gasteiger partial charge in [0.25, 0.3) is 0 Å². The third-order valence-corrected chi connectivity index (χ3v) is 2.49. The molecule has 0 aliphatic carbocycles. The van der Waals surface area contributed by atoms with E-state index < -0.39 is 0 Å². The van der Waals surface area contributed by atoms with Gasteiger partial charge in [-0.05, 0) is 23.5 Å². The van der Waals surface area contributed by atoms with Gasteiger partial charge >= 0.3 is 0 Å². The first kappa shape index (κ1) is 13.0. The van der Waals surface area contributed by atoms with Gasteiger partial charge < -0.3 is 5.32 Å². The fraction of sp³-hybridized carbons (Fsp3) is 0.538. The van der Waals surface area contributed by atoms with Crippen LogP contribution in [0.3, 0.4) is 0 Å². The van der Waals surface area contributed by atoms with Crippen LogP contribution in [0.1, 0.15) is 34.1 Å². The first-order valence-electron chi connectivity index (χ1n) is 5.35. The summed E-state index contributed by atoms with van der Waals surface area (Å²) in [6, 6.07) is 0. The normalized spacial score (nSPS) is 18.9. The molecule has 0 aromatic rings. The van der Waals surface area contributed by atoms with Crippen LogP contribution in [-0.2, 0) is 0 Å². The van der Waals surface area contributed by atoms with Crippen LogP contribution in [0.15, 0.2) is 36.6 Å². The average molecular weight is 193 g/mol. The molecule has 1 aliphatic heterocycles. The Morgan fingerprint density at radius 3 is 2.14 bits per heavy atom. The molecule has 0 unspecified atom stereocenters. The molecule has 1 N–H and O–H groups in total. The smallest absolute Gasteiger partial charge is 0.0372 e. The van der Waals surface area contributed by atoms with E-state index in [-0.39, 0.29) is 5.41 Å². The van der Waals surface area contributed by atoms with Gasteiger partial charge in [-0.3, -0.25) is 0 Å². The van der Waals surface area contributed by atoms with Crippen molar-refractivity contribution in [3.63, 3.8) is 0 Å². The van der Waals surface area contributed by atoms with Crippen LogP contribution in [0.4, 0.5) is 0 Å². The zero-order valence-corrected chi connectivity index (χ0v) is 9.98. The Morgan fingerprint density at radius 2 is 1.79 bits per heavy atom. The second kappa shape index (κ2) is 5.69. The van der Waals surface area contributed by atoms with Crippen molar-refractivity contribution in [3.05, 3.63) is 36.6 Å². The molecule has 0 spiro atoms. The third-order valence-electron chi connectivity index (χ3n) is 2.49. The molecule has 0 amide bonds. The lowest BCUT2D eigenvalue weighted by Crippen LogP contribution is -2.31. The molecule has 1 heteroatoms. The van der Waals surface area contributed by atoms with Crippen LogP contribution >= 0.6 is 0 Å². The van der Waals surface area contributed by atoms with Gasteiger partial charge in [0.05, 0.1) is 0 Å². The quantitative estimate of drug-likeness (QED) is 0.705. The topological polar surface area (TPSA) is 12.0 Å². The van der Waals surface area contributed by atoms with E-state index in [1.165, 1.54) is 5.57 Å². The van der Waals surface area contributed by atoms with Crippen molar-refractivity contribution in [2.45, 2.75) is 34.1 Å². The summed E-state index contributed by atoms with van der Waals surface area (Å²) >= 11 is 0. The van der Waals surface area contributed by atoms with Gasteiger partial charge in [0.15, 0.2) is 0 Å². The minimum atomic E-state index is 0.247. The van der Waals surface area contributed by atoms with E-state index in [0.29, 0.717) is 0 Å². The lowest BCUT2D eigenvalue weighted by atomic mass is 9.78. The maximum atomic E-state index is 3.83. The fourth-order valence-corrected chi connectivity index (χ4v) is 1.67. The van der Waals surface area contributed by atoms with E-state index in [1.54, 1.807) is 0 Å². The molecule has 0 saturated carbocycles. The first-order valence-corrected chi connectivity index (χ1v) is 5.35. The number of hydrogen-bond acceptors (Lipinski definition) is 1. The van der Waals surface area contributed by atoms with Gasteiger partial charge in [-0.15, -0.1) is 0 Å². The summed E-state index contributed by atoms with van der Waals surface area (Å²) in [4.78, 5) is 0. The van der Waals surface area contributed by atoms with Crippen molar-refractivity contribution < 1.29 is 0 Å². The highest BCUT2D eigenvalue weighted by Crippen LogP contribution is 2.35. The Hall–Kier alpha value is -0.980. The van der Waals surface area contributed by atoms with Gasteiger partial charge in [0.2, 0.25) is 0 Å². The molecular weight excluding hydrogens is 170 g/mol. The minimum Gasteiger partial charge on any atom is -0.385 e. The molecule has 80 valence electrons. The van der Waals surface area contributed by atoms with Gasteiger partial charge in [-0.2, -0.15) is 0 Å². The molecule has 1 aliphatic rings. The lowest BCUT2D eigenvalue weighted by molar-refractivity contribution is 0.384. The molecule has 0 atom stereocenters. The van der Waals surface area contributed by atoms with Gasteiger partial charge in [0, 0.05) is 12.2 Å². The highest BCUT2D eigenvalue weighted by atomic mass is 14.9. The Balaban J connectivity index is 0.000000791. The second-order valence-electron chi connectivity index (χ2n) is 3.80. The van der Waals surface area contributed by atoms with Crippen molar-refractivity contribution >= 4 is 0 Å². The van der Waals surface area contributed by atoms with E-state index in [0.717, 1.165) is 18.7 Å². The summed E-state index contributed by atoms with van der Waals surface area (Å²) in [5.74, 6) is 0. The van der Waals surface area contributed by atoms with E-state index in [4.69, 9.17) is 0 Å². The third kappa shape index (κ3) is 2.76. The zero-order chi connectivity index (χ0) is 11.2. The van der Waals surface area contributed by atoms with Crippen LogP contribution in [-0.4, -0.2) is 6.54 Å². The Labute approximate surface area is 88.6 Å². The highest BCUT2D eigenvalue weighted by molar-refractivity contribution is 5.36. The molecule has 1 heterocycles. The molecule has 0 aromatic heterocycles. The molecule has 1 rings (SSSR count). The number of nitrogens with one attached hydrogen (secondary N) is 1. The van der Waals surface area contributed by atoms with Crippen LogP contribution < -0.4 is 5.32 Å². The Kier molecular flexibility index (Phi) is 5.29. The summed E-state index contributed by atoms with van der Waals surface area (Å²) in [6.07, 6.45) is 4.97. The highest BCUT2D eigenvalue weighted by Gasteiger charge is 2.26. The van der Waals surface area contributed by atoms with E-state index in [9.17, 15) is 0 Å².